The van der Waals surface area contributed by atoms with Gasteiger partial charge < -0.3 is 9.84 Å². The summed E-state index contributed by atoms with van der Waals surface area (Å²) in [6.07, 6.45) is 0.123. The lowest BCUT2D eigenvalue weighted by Crippen LogP contribution is -2.16. The maximum Gasteiger partial charge on any atom is 0.306 e. The molecule has 2 atom stereocenters. The minimum atomic E-state index is -0.771. The predicted molar refractivity (Wildman–Crippen MR) is 67.4 cm³/mol. The third kappa shape index (κ3) is 3.77. The Morgan fingerprint density at radius 2 is 1.88 bits per heavy atom. The Morgan fingerprint density at radius 3 is 2.41 bits per heavy atom. The van der Waals surface area contributed by atoms with E-state index in [1.807, 2.05) is 45.0 Å². The molecule has 0 saturated heterocycles. The second-order valence-corrected chi connectivity index (χ2v) is 4.65. The highest BCUT2D eigenvalue weighted by Crippen LogP contribution is 2.27. The van der Waals surface area contributed by atoms with Crippen molar-refractivity contribution in [3.8, 4) is 5.75 Å². The molecule has 2 unspecified atom stereocenters. The van der Waals surface area contributed by atoms with Crippen molar-refractivity contribution in [1.29, 1.82) is 0 Å². The number of carboxylic acids is 1. The first-order valence-corrected chi connectivity index (χ1v) is 5.91. The van der Waals surface area contributed by atoms with Gasteiger partial charge in [0.2, 0.25) is 0 Å². The van der Waals surface area contributed by atoms with Gasteiger partial charge in [0.15, 0.2) is 0 Å². The highest BCUT2D eigenvalue weighted by atomic mass is 16.5. The lowest BCUT2D eigenvalue weighted by atomic mass is 9.89. The number of benzene rings is 1. The first-order valence-electron chi connectivity index (χ1n) is 5.91. The zero-order valence-corrected chi connectivity index (χ0v) is 10.8. The number of rotatable bonds is 5. The third-order valence-corrected chi connectivity index (χ3v) is 2.90. The van der Waals surface area contributed by atoms with Crippen LogP contribution in [-0.2, 0) is 4.79 Å². The van der Waals surface area contributed by atoms with Crippen LogP contribution in [0.4, 0.5) is 0 Å². The average Bonchev–Trinajstić information content (AvgIpc) is 2.26. The van der Waals surface area contributed by atoms with Gasteiger partial charge in [-0.1, -0.05) is 26.0 Å². The van der Waals surface area contributed by atoms with Crippen LogP contribution in [0.5, 0.6) is 5.75 Å². The molecule has 0 aliphatic rings. The standard InChI is InChI=1S/C14H20O3/c1-9(2)17-13-7-5-6-12(8-13)10(3)11(4)14(15)16/h5-11H,1-4H3,(H,15,16). The van der Waals surface area contributed by atoms with Crippen LogP contribution in [0.25, 0.3) is 0 Å². The van der Waals surface area contributed by atoms with E-state index in [9.17, 15) is 4.79 Å². The Labute approximate surface area is 102 Å². The first-order chi connectivity index (χ1) is 7.91. The number of ether oxygens (including phenoxy) is 1. The maximum absolute atomic E-state index is 10.9. The normalized spacial score (nSPS) is 14.4. The molecule has 1 N–H and O–H groups in total. The predicted octanol–water partition coefficient (Wildman–Crippen LogP) is 3.30. The van der Waals surface area contributed by atoms with E-state index in [-0.39, 0.29) is 12.0 Å². The molecule has 0 spiro atoms. The van der Waals surface area contributed by atoms with Gasteiger partial charge in [-0.05, 0) is 37.5 Å². The lowest BCUT2D eigenvalue weighted by molar-refractivity contribution is -0.141. The first kappa shape index (κ1) is 13.6. The van der Waals surface area contributed by atoms with E-state index in [0.29, 0.717) is 0 Å². The van der Waals surface area contributed by atoms with Crippen molar-refractivity contribution in [3.63, 3.8) is 0 Å². The highest BCUT2D eigenvalue weighted by molar-refractivity contribution is 5.70. The number of carboxylic acid groups (broad SMARTS) is 1. The van der Waals surface area contributed by atoms with Crippen molar-refractivity contribution < 1.29 is 14.6 Å². The summed E-state index contributed by atoms with van der Waals surface area (Å²) in [5.74, 6) is -0.401. The van der Waals surface area contributed by atoms with Crippen LogP contribution in [0, 0.1) is 5.92 Å². The average molecular weight is 236 g/mol. The van der Waals surface area contributed by atoms with Gasteiger partial charge in [-0.2, -0.15) is 0 Å². The van der Waals surface area contributed by atoms with Gasteiger partial charge in [0.1, 0.15) is 5.75 Å². The molecular weight excluding hydrogens is 216 g/mol. The van der Waals surface area contributed by atoms with Crippen molar-refractivity contribution in [1.82, 2.24) is 0 Å². The molecule has 0 amide bonds. The topological polar surface area (TPSA) is 46.5 Å². The van der Waals surface area contributed by atoms with Crippen molar-refractivity contribution in [2.45, 2.75) is 39.7 Å². The molecule has 3 heteroatoms. The van der Waals surface area contributed by atoms with Crippen LogP contribution < -0.4 is 4.74 Å². The SMILES string of the molecule is CC(C)Oc1cccc(C(C)C(C)C(=O)O)c1. The third-order valence-electron chi connectivity index (χ3n) is 2.90. The number of carbonyl (C=O) groups is 1. The summed E-state index contributed by atoms with van der Waals surface area (Å²) in [6, 6.07) is 7.65. The fraction of sp³-hybridized carbons (Fsp3) is 0.500. The fourth-order valence-electron chi connectivity index (χ4n) is 1.65. The molecule has 0 bridgehead atoms. The summed E-state index contributed by atoms with van der Waals surface area (Å²) in [5.41, 5.74) is 0.998. The van der Waals surface area contributed by atoms with Gasteiger partial charge in [-0.15, -0.1) is 0 Å². The fourth-order valence-corrected chi connectivity index (χ4v) is 1.65. The van der Waals surface area contributed by atoms with Crippen LogP contribution in [0.2, 0.25) is 0 Å². The second kappa shape index (κ2) is 5.71. The van der Waals surface area contributed by atoms with Gasteiger partial charge >= 0.3 is 5.97 Å². The molecule has 0 aromatic heterocycles. The Bertz CT molecular complexity index is 385. The van der Waals surface area contributed by atoms with E-state index >= 15 is 0 Å². The minimum absolute atomic E-state index is 0.0248. The van der Waals surface area contributed by atoms with Gasteiger partial charge in [0, 0.05) is 0 Å². The van der Waals surface area contributed by atoms with Gasteiger partial charge in [-0.3, -0.25) is 4.79 Å². The molecule has 0 heterocycles. The molecule has 1 rings (SSSR count). The number of hydrogen-bond acceptors (Lipinski definition) is 2. The largest absolute Gasteiger partial charge is 0.491 e. The van der Waals surface area contributed by atoms with Gasteiger partial charge in [0.25, 0.3) is 0 Å². The Morgan fingerprint density at radius 1 is 1.24 bits per heavy atom. The van der Waals surface area contributed by atoms with E-state index in [2.05, 4.69) is 0 Å². The summed E-state index contributed by atoms with van der Waals surface area (Å²) < 4.78 is 5.60. The monoisotopic (exact) mass is 236 g/mol. The summed E-state index contributed by atoms with van der Waals surface area (Å²) in [6.45, 7) is 7.59. The zero-order chi connectivity index (χ0) is 13.0. The van der Waals surface area contributed by atoms with Gasteiger partial charge in [0.05, 0.1) is 12.0 Å². The van der Waals surface area contributed by atoms with Crippen LogP contribution in [0.15, 0.2) is 24.3 Å². The van der Waals surface area contributed by atoms with Crippen molar-refractivity contribution >= 4 is 5.97 Å². The molecule has 1 aromatic rings. The van der Waals surface area contributed by atoms with E-state index in [0.717, 1.165) is 11.3 Å². The van der Waals surface area contributed by atoms with Crippen LogP contribution in [0.1, 0.15) is 39.2 Å². The Balaban J connectivity index is 2.87. The van der Waals surface area contributed by atoms with Crippen LogP contribution >= 0.6 is 0 Å². The quantitative estimate of drug-likeness (QED) is 0.853. The van der Waals surface area contributed by atoms with E-state index in [1.165, 1.54) is 0 Å². The summed E-state index contributed by atoms with van der Waals surface area (Å²) in [7, 11) is 0. The smallest absolute Gasteiger partial charge is 0.306 e. The van der Waals surface area contributed by atoms with Crippen molar-refractivity contribution in [2.75, 3.05) is 0 Å². The highest BCUT2D eigenvalue weighted by Gasteiger charge is 2.21. The molecule has 1 aromatic carbocycles. The number of hydrogen-bond donors (Lipinski definition) is 1. The molecule has 0 radical (unpaired) electrons. The summed E-state index contributed by atoms with van der Waals surface area (Å²) in [4.78, 5) is 10.9. The van der Waals surface area contributed by atoms with E-state index in [1.54, 1.807) is 6.92 Å². The van der Waals surface area contributed by atoms with Crippen molar-refractivity contribution in [3.05, 3.63) is 29.8 Å². The van der Waals surface area contributed by atoms with E-state index in [4.69, 9.17) is 9.84 Å². The van der Waals surface area contributed by atoms with E-state index < -0.39 is 11.9 Å². The van der Waals surface area contributed by atoms with Gasteiger partial charge in [-0.25, -0.2) is 0 Å². The molecule has 3 nitrogen and oxygen atoms in total. The lowest BCUT2D eigenvalue weighted by Gasteiger charge is -2.18. The second-order valence-electron chi connectivity index (χ2n) is 4.65. The molecule has 0 saturated carbocycles. The zero-order valence-electron chi connectivity index (χ0n) is 10.8. The summed E-state index contributed by atoms with van der Waals surface area (Å²) in [5, 5.41) is 9.00. The Kier molecular flexibility index (Phi) is 4.55. The summed E-state index contributed by atoms with van der Waals surface area (Å²) >= 11 is 0. The Hall–Kier alpha value is -1.51. The molecule has 0 aliphatic heterocycles. The maximum atomic E-state index is 10.9. The van der Waals surface area contributed by atoms with Crippen LogP contribution in [0.3, 0.4) is 0 Å². The number of aliphatic carboxylic acids is 1. The minimum Gasteiger partial charge on any atom is -0.491 e. The molecule has 0 aliphatic carbocycles. The molecule has 0 fully saturated rings. The molecule has 94 valence electrons. The molecule has 17 heavy (non-hydrogen) atoms. The molecular formula is C14H20O3. The van der Waals surface area contributed by atoms with Crippen molar-refractivity contribution in [2.24, 2.45) is 5.92 Å². The van der Waals surface area contributed by atoms with Crippen LogP contribution in [-0.4, -0.2) is 17.2 Å².